The zero-order valence-corrected chi connectivity index (χ0v) is 13.5. The van der Waals surface area contributed by atoms with Crippen molar-refractivity contribution in [2.24, 2.45) is 0 Å². The zero-order chi connectivity index (χ0) is 17.4. The van der Waals surface area contributed by atoms with Crippen LogP contribution in [0.2, 0.25) is 0 Å². The van der Waals surface area contributed by atoms with Crippen molar-refractivity contribution in [1.29, 1.82) is 0 Å². The van der Waals surface area contributed by atoms with Crippen LogP contribution in [0.3, 0.4) is 0 Å². The first-order valence-electron chi connectivity index (χ1n) is 6.99. The molecule has 0 aliphatic rings. The van der Waals surface area contributed by atoms with Crippen LogP contribution < -0.4 is 9.47 Å². The van der Waals surface area contributed by atoms with E-state index in [1.54, 1.807) is 13.8 Å². The zero-order valence-electron chi connectivity index (χ0n) is 13.5. The van der Waals surface area contributed by atoms with E-state index in [1.165, 1.54) is 26.4 Å². The Bertz CT molecular complexity index is 579. The Kier molecular flexibility index (Phi) is 6.92. The highest BCUT2D eigenvalue weighted by atomic mass is 16.5. The standard InChI is InChI=1S/C16H20O7/c1-5-22-14(18)9-11(16(19)23-6-2)15-12(20-3)7-10(17)8-13(15)21-4/h7-9,17H,5-6H2,1-4H3/b11-9+. The van der Waals surface area contributed by atoms with Gasteiger partial charge in [-0.2, -0.15) is 0 Å². The van der Waals surface area contributed by atoms with Crippen molar-refractivity contribution >= 4 is 17.5 Å². The highest BCUT2D eigenvalue weighted by molar-refractivity contribution is 6.22. The topological polar surface area (TPSA) is 91.3 Å². The van der Waals surface area contributed by atoms with Crippen LogP contribution in [0.25, 0.3) is 5.57 Å². The fourth-order valence-electron chi connectivity index (χ4n) is 1.91. The molecule has 0 aromatic heterocycles. The Morgan fingerprint density at radius 2 is 1.57 bits per heavy atom. The molecule has 1 aromatic rings. The summed E-state index contributed by atoms with van der Waals surface area (Å²) in [5, 5.41) is 9.68. The van der Waals surface area contributed by atoms with Gasteiger partial charge in [0, 0.05) is 18.2 Å². The van der Waals surface area contributed by atoms with Gasteiger partial charge in [-0.05, 0) is 13.8 Å². The summed E-state index contributed by atoms with van der Waals surface area (Å²) in [6, 6.07) is 2.60. The van der Waals surface area contributed by atoms with E-state index in [0.29, 0.717) is 0 Å². The molecular formula is C16H20O7. The number of hydrogen-bond acceptors (Lipinski definition) is 7. The number of rotatable bonds is 7. The van der Waals surface area contributed by atoms with Crippen LogP contribution in [0.15, 0.2) is 18.2 Å². The maximum absolute atomic E-state index is 12.2. The van der Waals surface area contributed by atoms with E-state index in [9.17, 15) is 14.7 Å². The Morgan fingerprint density at radius 1 is 1.04 bits per heavy atom. The Labute approximate surface area is 134 Å². The van der Waals surface area contributed by atoms with E-state index in [4.69, 9.17) is 18.9 Å². The van der Waals surface area contributed by atoms with Crippen molar-refractivity contribution in [3.8, 4) is 17.2 Å². The molecule has 7 nitrogen and oxygen atoms in total. The summed E-state index contributed by atoms with van der Waals surface area (Å²) in [5.74, 6) is -1.23. The summed E-state index contributed by atoms with van der Waals surface area (Å²) < 4.78 is 20.2. The number of benzene rings is 1. The van der Waals surface area contributed by atoms with Crippen molar-refractivity contribution in [2.45, 2.75) is 13.8 Å². The van der Waals surface area contributed by atoms with Gasteiger partial charge in [0.05, 0.1) is 38.6 Å². The minimum Gasteiger partial charge on any atom is -0.508 e. The van der Waals surface area contributed by atoms with Crippen LogP contribution in [0, 0.1) is 0 Å². The molecule has 0 radical (unpaired) electrons. The van der Waals surface area contributed by atoms with E-state index >= 15 is 0 Å². The van der Waals surface area contributed by atoms with E-state index in [1.807, 2.05) is 0 Å². The highest BCUT2D eigenvalue weighted by Crippen LogP contribution is 2.39. The highest BCUT2D eigenvalue weighted by Gasteiger charge is 2.24. The van der Waals surface area contributed by atoms with Crippen molar-refractivity contribution in [1.82, 2.24) is 0 Å². The number of phenolic OH excluding ortho intramolecular Hbond substituents is 1. The average Bonchev–Trinajstić information content (AvgIpc) is 2.52. The SMILES string of the molecule is CCOC(=O)/C=C(/C(=O)OCC)c1c(OC)cc(O)cc1OC. The molecule has 0 aliphatic carbocycles. The summed E-state index contributed by atoms with van der Waals surface area (Å²) in [5.41, 5.74) is 0.110. The second kappa shape index (κ2) is 8.67. The quantitative estimate of drug-likeness (QED) is 0.605. The molecular weight excluding hydrogens is 304 g/mol. The molecule has 1 aromatic carbocycles. The number of ether oxygens (including phenoxy) is 4. The molecule has 0 aliphatic heterocycles. The monoisotopic (exact) mass is 324 g/mol. The van der Waals surface area contributed by atoms with Gasteiger partial charge in [0.15, 0.2) is 0 Å². The lowest BCUT2D eigenvalue weighted by molar-refractivity contribution is -0.139. The first-order valence-corrected chi connectivity index (χ1v) is 6.99. The lowest BCUT2D eigenvalue weighted by Gasteiger charge is -2.15. The number of phenols is 1. The van der Waals surface area contributed by atoms with Crippen LogP contribution in [0.1, 0.15) is 19.4 Å². The van der Waals surface area contributed by atoms with Gasteiger partial charge < -0.3 is 24.1 Å². The number of methoxy groups -OCH3 is 2. The lowest BCUT2D eigenvalue weighted by Crippen LogP contribution is -2.12. The summed E-state index contributed by atoms with van der Waals surface area (Å²) in [6.45, 7) is 3.58. The minimum absolute atomic E-state index is 0.0843. The fourth-order valence-corrected chi connectivity index (χ4v) is 1.91. The lowest BCUT2D eigenvalue weighted by atomic mass is 10.0. The molecule has 0 heterocycles. The average molecular weight is 324 g/mol. The number of carbonyl (C=O) groups is 2. The molecule has 0 unspecified atom stereocenters. The van der Waals surface area contributed by atoms with Gasteiger partial charge in [-0.15, -0.1) is 0 Å². The van der Waals surface area contributed by atoms with Gasteiger partial charge in [0.2, 0.25) is 0 Å². The molecule has 0 saturated carbocycles. The maximum Gasteiger partial charge on any atom is 0.339 e. The molecule has 126 valence electrons. The second-order valence-electron chi connectivity index (χ2n) is 4.26. The smallest absolute Gasteiger partial charge is 0.339 e. The molecule has 0 saturated heterocycles. The molecule has 1 N–H and O–H groups in total. The fraction of sp³-hybridized carbons (Fsp3) is 0.375. The van der Waals surface area contributed by atoms with Crippen molar-refractivity contribution < 1.29 is 33.6 Å². The third kappa shape index (κ3) is 4.64. The van der Waals surface area contributed by atoms with E-state index in [2.05, 4.69) is 0 Å². The number of carbonyl (C=O) groups excluding carboxylic acids is 2. The molecule has 7 heteroatoms. The number of aromatic hydroxyl groups is 1. The molecule has 0 atom stereocenters. The predicted molar refractivity (Wildman–Crippen MR) is 82.5 cm³/mol. The summed E-state index contributed by atoms with van der Waals surface area (Å²) in [4.78, 5) is 24.0. The molecule has 0 amide bonds. The van der Waals surface area contributed by atoms with Crippen molar-refractivity contribution in [3.05, 3.63) is 23.8 Å². The largest absolute Gasteiger partial charge is 0.508 e. The predicted octanol–water partition coefficient (Wildman–Crippen LogP) is 1.92. The Balaban J connectivity index is 3.53. The molecule has 23 heavy (non-hydrogen) atoms. The normalized spacial score (nSPS) is 10.9. The Morgan fingerprint density at radius 3 is 2.00 bits per heavy atom. The molecule has 0 spiro atoms. The molecule has 0 fully saturated rings. The first kappa shape index (κ1) is 18.3. The summed E-state index contributed by atoms with van der Waals surface area (Å²) >= 11 is 0. The number of esters is 2. The first-order chi connectivity index (χ1) is 11.0. The number of hydrogen-bond donors (Lipinski definition) is 1. The van der Waals surface area contributed by atoms with Gasteiger partial charge in [0.25, 0.3) is 0 Å². The van der Waals surface area contributed by atoms with Crippen LogP contribution in [-0.4, -0.2) is 44.5 Å². The van der Waals surface area contributed by atoms with Crippen molar-refractivity contribution in [2.75, 3.05) is 27.4 Å². The van der Waals surface area contributed by atoms with Gasteiger partial charge in [0.1, 0.15) is 17.2 Å². The van der Waals surface area contributed by atoms with Gasteiger partial charge >= 0.3 is 11.9 Å². The van der Waals surface area contributed by atoms with Crippen molar-refractivity contribution in [3.63, 3.8) is 0 Å². The van der Waals surface area contributed by atoms with Gasteiger partial charge in [-0.25, -0.2) is 9.59 Å². The second-order valence-corrected chi connectivity index (χ2v) is 4.26. The van der Waals surface area contributed by atoms with Crippen LogP contribution in [0.5, 0.6) is 17.2 Å². The third-order valence-electron chi connectivity index (χ3n) is 2.80. The van der Waals surface area contributed by atoms with E-state index in [0.717, 1.165) is 6.08 Å². The third-order valence-corrected chi connectivity index (χ3v) is 2.80. The minimum atomic E-state index is -0.733. The Hall–Kier alpha value is -2.70. The van der Waals surface area contributed by atoms with E-state index in [-0.39, 0.29) is 41.6 Å². The molecule has 0 bridgehead atoms. The van der Waals surface area contributed by atoms with Gasteiger partial charge in [-0.1, -0.05) is 0 Å². The summed E-state index contributed by atoms with van der Waals surface area (Å²) in [7, 11) is 2.73. The maximum atomic E-state index is 12.2. The van der Waals surface area contributed by atoms with Crippen LogP contribution in [0.4, 0.5) is 0 Å². The molecule has 1 rings (SSSR count). The van der Waals surface area contributed by atoms with Crippen LogP contribution >= 0.6 is 0 Å². The van der Waals surface area contributed by atoms with Gasteiger partial charge in [-0.3, -0.25) is 0 Å². The van der Waals surface area contributed by atoms with Crippen LogP contribution in [-0.2, 0) is 19.1 Å². The summed E-state index contributed by atoms with van der Waals surface area (Å²) in [6.07, 6.45) is 1.01. The van der Waals surface area contributed by atoms with E-state index < -0.39 is 11.9 Å².